The molecule has 0 aliphatic carbocycles. The Morgan fingerprint density at radius 2 is 2.20 bits per heavy atom. The van der Waals surface area contributed by atoms with Gasteiger partial charge in [0.05, 0.1) is 15.5 Å². The van der Waals surface area contributed by atoms with Crippen molar-refractivity contribution < 1.29 is 18.3 Å². The van der Waals surface area contributed by atoms with Crippen LogP contribution in [0.2, 0.25) is 5.02 Å². The minimum absolute atomic E-state index is 0.0336. The van der Waals surface area contributed by atoms with Gasteiger partial charge in [-0.1, -0.05) is 11.6 Å². The number of rotatable bonds is 3. The molecule has 1 N–H and O–H groups in total. The van der Waals surface area contributed by atoms with Gasteiger partial charge >= 0.3 is 5.97 Å². The first-order chi connectivity index (χ1) is 9.34. The SMILES string of the molecule is CC1CSCCN1S(=O)(=O)c1ccc(C(=O)O)c(Cl)c1. The van der Waals surface area contributed by atoms with E-state index in [1.165, 1.54) is 22.5 Å². The van der Waals surface area contributed by atoms with Gasteiger partial charge in [-0.25, -0.2) is 13.2 Å². The number of hydrogen-bond donors (Lipinski definition) is 1. The van der Waals surface area contributed by atoms with Crippen LogP contribution in [0, 0.1) is 0 Å². The van der Waals surface area contributed by atoms with Crippen molar-refractivity contribution in [3.05, 3.63) is 28.8 Å². The van der Waals surface area contributed by atoms with E-state index in [1.54, 1.807) is 11.8 Å². The number of benzene rings is 1. The van der Waals surface area contributed by atoms with Crippen LogP contribution in [0.5, 0.6) is 0 Å². The summed E-state index contributed by atoms with van der Waals surface area (Å²) in [6.07, 6.45) is 0. The van der Waals surface area contributed by atoms with Crippen LogP contribution in [0.25, 0.3) is 0 Å². The van der Waals surface area contributed by atoms with Gasteiger partial charge in [-0.2, -0.15) is 16.1 Å². The molecule has 20 heavy (non-hydrogen) atoms. The molecule has 1 unspecified atom stereocenters. The summed E-state index contributed by atoms with van der Waals surface area (Å²) >= 11 is 7.56. The Morgan fingerprint density at radius 1 is 1.50 bits per heavy atom. The average Bonchev–Trinajstić information content (AvgIpc) is 2.38. The predicted molar refractivity (Wildman–Crippen MR) is 79.1 cm³/mol. The predicted octanol–water partition coefficient (Wildman–Crippen LogP) is 2.16. The molecule has 0 amide bonds. The Kier molecular flexibility index (Phi) is 4.63. The van der Waals surface area contributed by atoms with Gasteiger partial charge in [-0.3, -0.25) is 0 Å². The van der Waals surface area contributed by atoms with Gasteiger partial charge in [0, 0.05) is 24.1 Å². The maximum atomic E-state index is 12.5. The Labute approximate surface area is 127 Å². The summed E-state index contributed by atoms with van der Waals surface area (Å²) in [7, 11) is -3.63. The standard InChI is InChI=1S/C12H14ClNO4S2/c1-8-7-19-5-4-14(8)20(17,18)9-2-3-10(12(15)16)11(13)6-9/h2-3,6,8H,4-5,7H2,1H3,(H,15,16). The number of aromatic carboxylic acids is 1. The van der Waals surface area contributed by atoms with E-state index in [4.69, 9.17) is 16.7 Å². The Balaban J connectivity index is 2.39. The smallest absolute Gasteiger partial charge is 0.337 e. The van der Waals surface area contributed by atoms with E-state index >= 15 is 0 Å². The third-order valence-corrected chi connectivity index (χ3v) is 6.60. The average molecular weight is 336 g/mol. The lowest BCUT2D eigenvalue weighted by Crippen LogP contribution is -2.44. The Morgan fingerprint density at radius 3 is 2.75 bits per heavy atom. The first kappa shape index (κ1) is 15.6. The molecule has 0 saturated carbocycles. The molecule has 1 aromatic rings. The summed E-state index contributed by atoms with van der Waals surface area (Å²) in [6, 6.07) is 3.63. The molecule has 1 aromatic carbocycles. The van der Waals surface area contributed by atoms with Crippen molar-refractivity contribution >= 4 is 39.4 Å². The van der Waals surface area contributed by atoms with Gasteiger partial charge in [-0.05, 0) is 25.1 Å². The third-order valence-electron chi connectivity index (χ3n) is 3.08. The van der Waals surface area contributed by atoms with Crippen LogP contribution in [-0.2, 0) is 10.0 Å². The van der Waals surface area contributed by atoms with E-state index in [0.29, 0.717) is 6.54 Å². The highest BCUT2D eigenvalue weighted by Crippen LogP contribution is 2.27. The first-order valence-electron chi connectivity index (χ1n) is 5.96. The van der Waals surface area contributed by atoms with Gasteiger partial charge in [0.1, 0.15) is 0 Å². The lowest BCUT2D eigenvalue weighted by Gasteiger charge is -2.32. The van der Waals surface area contributed by atoms with Gasteiger partial charge in [0.25, 0.3) is 0 Å². The summed E-state index contributed by atoms with van der Waals surface area (Å²) in [5, 5.41) is 8.83. The molecule has 0 radical (unpaired) electrons. The number of carboxylic acid groups (broad SMARTS) is 1. The molecule has 1 fully saturated rings. The van der Waals surface area contributed by atoms with Crippen LogP contribution in [0.1, 0.15) is 17.3 Å². The molecule has 0 aromatic heterocycles. The number of halogens is 1. The number of carbonyl (C=O) groups is 1. The van der Waals surface area contributed by atoms with Crippen molar-refractivity contribution in [2.45, 2.75) is 17.9 Å². The summed E-state index contributed by atoms with van der Waals surface area (Å²) in [4.78, 5) is 10.9. The van der Waals surface area contributed by atoms with Gasteiger partial charge < -0.3 is 5.11 Å². The fourth-order valence-electron chi connectivity index (χ4n) is 2.03. The molecule has 8 heteroatoms. The van der Waals surface area contributed by atoms with Crippen LogP contribution in [0.4, 0.5) is 0 Å². The second-order valence-electron chi connectivity index (χ2n) is 4.49. The normalized spacial score (nSPS) is 20.8. The quantitative estimate of drug-likeness (QED) is 0.916. The molecule has 0 spiro atoms. The number of thioether (sulfide) groups is 1. The van der Waals surface area contributed by atoms with Crippen LogP contribution in [0.3, 0.4) is 0 Å². The van der Waals surface area contributed by atoms with Gasteiger partial charge in [0.2, 0.25) is 10.0 Å². The largest absolute Gasteiger partial charge is 0.478 e. The molecule has 1 atom stereocenters. The van der Waals surface area contributed by atoms with Crippen molar-refractivity contribution in [3.8, 4) is 0 Å². The Bertz CT molecular complexity index is 632. The highest BCUT2D eigenvalue weighted by molar-refractivity contribution is 7.99. The zero-order chi connectivity index (χ0) is 14.9. The van der Waals surface area contributed by atoms with E-state index in [1.807, 2.05) is 6.92 Å². The fourth-order valence-corrected chi connectivity index (χ4v) is 5.24. The number of carboxylic acids is 1. The topological polar surface area (TPSA) is 74.7 Å². The number of sulfonamides is 1. The van der Waals surface area contributed by atoms with E-state index in [0.717, 1.165) is 11.5 Å². The maximum absolute atomic E-state index is 12.5. The highest BCUT2D eigenvalue weighted by Gasteiger charge is 2.31. The van der Waals surface area contributed by atoms with Crippen molar-refractivity contribution in [3.63, 3.8) is 0 Å². The molecule has 0 bridgehead atoms. The van der Waals surface area contributed by atoms with Crippen molar-refractivity contribution in [2.24, 2.45) is 0 Å². The van der Waals surface area contributed by atoms with E-state index < -0.39 is 16.0 Å². The molecule has 1 heterocycles. The molecular weight excluding hydrogens is 322 g/mol. The lowest BCUT2D eigenvalue weighted by atomic mass is 10.2. The zero-order valence-electron chi connectivity index (χ0n) is 10.7. The van der Waals surface area contributed by atoms with E-state index in [9.17, 15) is 13.2 Å². The summed E-state index contributed by atoms with van der Waals surface area (Å²) in [5.41, 5.74) is -0.104. The highest BCUT2D eigenvalue weighted by atomic mass is 35.5. The van der Waals surface area contributed by atoms with Crippen LogP contribution >= 0.6 is 23.4 Å². The summed E-state index contributed by atoms with van der Waals surface area (Å²) in [6.45, 7) is 2.31. The van der Waals surface area contributed by atoms with E-state index in [-0.39, 0.29) is 21.5 Å². The summed E-state index contributed by atoms with van der Waals surface area (Å²) < 4.78 is 26.5. The minimum atomic E-state index is -3.63. The molecule has 1 aliphatic heterocycles. The van der Waals surface area contributed by atoms with E-state index in [2.05, 4.69) is 0 Å². The molecule has 110 valence electrons. The lowest BCUT2D eigenvalue weighted by molar-refractivity contribution is 0.0697. The molecular formula is C12H14ClNO4S2. The maximum Gasteiger partial charge on any atom is 0.337 e. The molecule has 1 aliphatic rings. The number of hydrogen-bond acceptors (Lipinski definition) is 4. The second-order valence-corrected chi connectivity index (χ2v) is 7.93. The van der Waals surface area contributed by atoms with Crippen molar-refractivity contribution in [2.75, 3.05) is 18.1 Å². The zero-order valence-corrected chi connectivity index (χ0v) is 13.1. The van der Waals surface area contributed by atoms with Crippen LogP contribution < -0.4 is 0 Å². The van der Waals surface area contributed by atoms with Crippen LogP contribution in [-0.4, -0.2) is 47.9 Å². The monoisotopic (exact) mass is 335 g/mol. The minimum Gasteiger partial charge on any atom is -0.478 e. The van der Waals surface area contributed by atoms with Crippen molar-refractivity contribution in [1.82, 2.24) is 4.31 Å². The first-order valence-corrected chi connectivity index (χ1v) is 8.93. The molecule has 2 rings (SSSR count). The molecule has 5 nitrogen and oxygen atoms in total. The molecule has 1 saturated heterocycles. The fraction of sp³-hybridized carbons (Fsp3) is 0.417. The number of nitrogens with zero attached hydrogens (tertiary/aromatic N) is 1. The third kappa shape index (κ3) is 2.95. The Hall–Kier alpha value is -0.760. The van der Waals surface area contributed by atoms with Crippen molar-refractivity contribution in [1.29, 1.82) is 0 Å². The van der Waals surface area contributed by atoms with Crippen LogP contribution in [0.15, 0.2) is 23.1 Å². The second kappa shape index (κ2) is 5.93. The van der Waals surface area contributed by atoms with Gasteiger partial charge in [-0.15, -0.1) is 0 Å². The van der Waals surface area contributed by atoms with Gasteiger partial charge in [0.15, 0.2) is 0 Å². The summed E-state index contributed by atoms with van der Waals surface area (Å²) in [5.74, 6) is 0.326.